The second-order valence-electron chi connectivity index (χ2n) is 5.27. The van der Waals surface area contributed by atoms with Crippen LogP contribution in [0.2, 0.25) is 0 Å². The molecule has 5 heteroatoms. The summed E-state index contributed by atoms with van der Waals surface area (Å²) in [7, 11) is 0. The first-order valence-corrected chi connectivity index (χ1v) is 7.77. The van der Waals surface area contributed by atoms with Gasteiger partial charge in [-0.1, -0.05) is 71.9 Å². The minimum Gasteiger partial charge on any atom is -0.376 e. The molecule has 0 spiro atoms. The second kappa shape index (κ2) is 10.2. The fourth-order valence-corrected chi connectivity index (χ4v) is 2.23. The molecular formula is C19H21N3O2. The van der Waals surface area contributed by atoms with Crippen LogP contribution in [0, 0.1) is 0 Å². The Kier molecular flexibility index (Phi) is 7.57. The summed E-state index contributed by atoms with van der Waals surface area (Å²) in [4.78, 5) is 2.90. The van der Waals surface area contributed by atoms with Gasteiger partial charge >= 0.3 is 0 Å². The van der Waals surface area contributed by atoms with Crippen molar-refractivity contribution in [3.05, 3.63) is 94.9 Å². The summed E-state index contributed by atoms with van der Waals surface area (Å²) in [6.45, 7) is 4.93. The van der Waals surface area contributed by atoms with Gasteiger partial charge in [0.05, 0.1) is 32.0 Å². The van der Waals surface area contributed by atoms with E-state index in [1.54, 1.807) is 6.08 Å². The lowest BCUT2D eigenvalue weighted by Crippen LogP contribution is -2.29. The first-order valence-electron chi connectivity index (χ1n) is 7.77. The van der Waals surface area contributed by atoms with Gasteiger partial charge in [-0.25, -0.2) is 0 Å². The third-order valence-corrected chi connectivity index (χ3v) is 3.50. The zero-order chi connectivity index (χ0) is 17.0. The zero-order valence-corrected chi connectivity index (χ0v) is 13.5. The van der Waals surface area contributed by atoms with Gasteiger partial charge < -0.3 is 9.47 Å². The highest BCUT2D eigenvalue weighted by molar-refractivity contribution is 5.14. The Morgan fingerprint density at radius 3 is 2.12 bits per heavy atom. The largest absolute Gasteiger partial charge is 0.376 e. The fourth-order valence-electron chi connectivity index (χ4n) is 2.23. The number of nitrogens with zero attached hydrogens (tertiary/aromatic N) is 3. The maximum Gasteiger partial charge on any atom is 0.0905 e. The van der Waals surface area contributed by atoms with Crippen LogP contribution in [0.1, 0.15) is 11.1 Å². The SMILES string of the molecule is C=C[C@H](OCc1ccccc1)[C@@H](COCc1ccccc1)N=[N+]=[N-]. The second-order valence-corrected chi connectivity index (χ2v) is 5.27. The normalized spacial score (nSPS) is 12.8. The summed E-state index contributed by atoms with van der Waals surface area (Å²) in [6.07, 6.45) is 1.24. The van der Waals surface area contributed by atoms with Crippen LogP contribution in [0.15, 0.2) is 78.4 Å². The first kappa shape index (κ1) is 17.8. The van der Waals surface area contributed by atoms with E-state index >= 15 is 0 Å². The van der Waals surface area contributed by atoms with E-state index in [-0.39, 0.29) is 6.61 Å². The number of hydrogen-bond donors (Lipinski definition) is 0. The van der Waals surface area contributed by atoms with Gasteiger partial charge in [0.15, 0.2) is 0 Å². The third kappa shape index (κ3) is 5.89. The molecule has 2 aromatic carbocycles. The van der Waals surface area contributed by atoms with Gasteiger partial charge in [0, 0.05) is 4.91 Å². The summed E-state index contributed by atoms with van der Waals surface area (Å²) >= 11 is 0. The number of benzene rings is 2. The van der Waals surface area contributed by atoms with Gasteiger partial charge in [-0.2, -0.15) is 0 Å². The molecule has 0 unspecified atom stereocenters. The van der Waals surface area contributed by atoms with Crippen LogP contribution in [-0.2, 0) is 22.7 Å². The molecule has 0 saturated heterocycles. The van der Waals surface area contributed by atoms with Gasteiger partial charge in [0.2, 0.25) is 0 Å². The smallest absolute Gasteiger partial charge is 0.0905 e. The van der Waals surface area contributed by atoms with Crippen molar-refractivity contribution in [1.82, 2.24) is 0 Å². The topological polar surface area (TPSA) is 67.2 Å². The highest BCUT2D eigenvalue weighted by Crippen LogP contribution is 2.12. The molecule has 124 valence electrons. The molecule has 0 aliphatic carbocycles. The highest BCUT2D eigenvalue weighted by atomic mass is 16.5. The standard InChI is InChI=1S/C19H21N3O2/c1-2-19(24-14-17-11-7-4-8-12-17)18(21-22-20)15-23-13-16-9-5-3-6-10-16/h2-12,18-19H,1,13-15H2/t18-,19+/m1/s1. The molecule has 2 atom stereocenters. The van der Waals surface area contributed by atoms with E-state index in [0.717, 1.165) is 11.1 Å². The lowest BCUT2D eigenvalue weighted by atomic mass is 10.1. The van der Waals surface area contributed by atoms with Crippen molar-refractivity contribution in [2.75, 3.05) is 6.61 Å². The first-order chi connectivity index (χ1) is 11.8. The van der Waals surface area contributed by atoms with E-state index < -0.39 is 12.1 Å². The van der Waals surface area contributed by atoms with E-state index in [2.05, 4.69) is 16.6 Å². The van der Waals surface area contributed by atoms with E-state index in [1.165, 1.54) is 0 Å². The highest BCUT2D eigenvalue weighted by Gasteiger charge is 2.18. The Bertz CT molecular complexity index is 655. The van der Waals surface area contributed by atoms with Crippen LogP contribution in [0.25, 0.3) is 10.4 Å². The molecule has 0 aliphatic heterocycles. The van der Waals surface area contributed by atoms with Gasteiger partial charge in [0.25, 0.3) is 0 Å². The van der Waals surface area contributed by atoms with Crippen molar-refractivity contribution in [2.24, 2.45) is 5.11 Å². The zero-order valence-electron chi connectivity index (χ0n) is 13.5. The van der Waals surface area contributed by atoms with Gasteiger partial charge in [-0.05, 0) is 16.7 Å². The van der Waals surface area contributed by atoms with Crippen LogP contribution in [-0.4, -0.2) is 18.8 Å². The van der Waals surface area contributed by atoms with Crippen LogP contribution in [0.5, 0.6) is 0 Å². The number of azide groups is 1. The molecule has 0 radical (unpaired) electrons. The van der Waals surface area contributed by atoms with E-state index in [1.807, 2.05) is 60.7 Å². The Labute approximate surface area is 142 Å². The molecule has 0 aliphatic rings. The average Bonchev–Trinajstić information content (AvgIpc) is 2.64. The Morgan fingerprint density at radius 1 is 1.00 bits per heavy atom. The van der Waals surface area contributed by atoms with Crippen molar-refractivity contribution < 1.29 is 9.47 Å². The van der Waals surface area contributed by atoms with Crippen molar-refractivity contribution in [3.63, 3.8) is 0 Å². The lowest BCUT2D eigenvalue weighted by molar-refractivity contribution is 0.0188. The van der Waals surface area contributed by atoms with Crippen molar-refractivity contribution in [3.8, 4) is 0 Å². The molecule has 5 nitrogen and oxygen atoms in total. The fraction of sp³-hybridized carbons (Fsp3) is 0.263. The summed E-state index contributed by atoms with van der Waals surface area (Å²) in [5.41, 5.74) is 10.9. The van der Waals surface area contributed by atoms with Crippen LogP contribution in [0.3, 0.4) is 0 Å². The summed E-state index contributed by atoms with van der Waals surface area (Å²) in [6, 6.07) is 19.2. The number of rotatable bonds is 10. The molecule has 0 fully saturated rings. The van der Waals surface area contributed by atoms with E-state index in [4.69, 9.17) is 15.0 Å². The summed E-state index contributed by atoms with van der Waals surface area (Å²) < 4.78 is 11.5. The monoisotopic (exact) mass is 323 g/mol. The molecule has 0 heterocycles. The molecule has 2 aromatic rings. The minimum absolute atomic E-state index is 0.268. The average molecular weight is 323 g/mol. The molecule has 0 saturated carbocycles. The van der Waals surface area contributed by atoms with Crippen molar-refractivity contribution >= 4 is 0 Å². The van der Waals surface area contributed by atoms with Crippen molar-refractivity contribution in [2.45, 2.75) is 25.4 Å². The van der Waals surface area contributed by atoms with E-state index in [0.29, 0.717) is 13.2 Å². The number of ether oxygens (including phenoxy) is 2. The Balaban J connectivity index is 1.88. The molecule has 0 N–H and O–H groups in total. The molecular weight excluding hydrogens is 302 g/mol. The summed E-state index contributed by atoms with van der Waals surface area (Å²) in [5.74, 6) is 0. The van der Waals surface area contributed by atoms with Crippen LogP contribution >= 0.6 is 0 Å². The molecule has 2 rings (SSSR count). The summed E-state index contributed by atoms with van der Waals surface area (Å²) in [5, 5.41) is 3.80. The van der Waals surface area contributed by atoms with E-state index in [9.17, 15) is 0 Å². The third-order valence-electron chi connectivity index (χ3n) is 3.50. The molecule has 0 bridgehead atoms. The van der Waals surface area contributed by atoms with Crippen molar-refractivity contribution in [1.29, 1.82) is 0 Å². The maximum absolute atomic E-state index is 8.80. The molecule has 0 amide bonds. The Morgan fingerprint density at radius 2 is 1.58 bits per heavy atom. The maximum atomic E-state index is 8.80. The Hall–Kier alpha value is -2.59. The molecule has 24 heavy (non-hydrogen) atoms. The molecule has 0 aromatic heterocycles. The van der Waals surface area contributed by atoms with Gasteiger partial charge in [-0.15, -0.1) is 6.58 Å². The quantitative estimate of drug-likeness (QED) is 0.276. The van der Waals surface area contributed by atoms with Crippen LogP contribution in [0.4, 0.5) is 0 Å². The minimum atomic E-state index is -0.458. The predicted molar refractivity (Wildman–Crippen MR) is 94.2 cm³/mol. The predicted octanol–water partition coefficient (Wildman–Crippen LogP) is 4.65. The lowest BCUT2D eigenvalue weighted by Gasteiger charge is -2.21. The van der Waals surface area contributed by atoms with Gasteiger partial charge in [0.1, 0.15) is 0 Å². The van der Waals surface area contributed by atoms with Gasteiger partial charge in [-0.3, -0.25) is 0 Å². The number of hydrogen-bond acceptors (Lipinski definition) is 3. The van der Waals surface area contributed by atoms with Crippen LogP contribution < -0.4 is 0 Å².